The van der Waals surface area contributed by atoms with E-state index in [0.29, 0.717) is 5.41 Å². The zero-order valence-electron chi connectivity index (χ0n) is 14.8. The molecule has 2 unspecified atom stereocenters. The molecule has 1 saturated carbocycles. The van der Waals surface area contributed by atoms with Gasteiger partial charge in [0.15, 0.2) is 0 Å². The van der Waals surface area contributed by atoms with Crippen molar-refractivity contribution in [1.82, 2.24) is 15.1 Å². The SMILES string of the molecule is CCCNC1CCC(C)(C)CC1N1CCN(CCC)CC1. The summed E-state index contributed by atoms with van der Waals surface area (Å²) in [7, 11) is 0. The molecule has 1 aliphatic carbocycles. The van der Waals surface area contributed by atoms with E-state index in [2.05, 4.69) is 42.8 Å². The van der Waals surface area contributed by atoms with Crippen molar-refractivity contribution in [2.24, 2.45) is 5.41 Å². The first kappa shape index (κ1) is 17.2. The molecule has 0 bridgehead atoms. The van der Waals surface area contributed by atoms with E-state index in [4.69, 9.17) is 0 Å². The predicted molar refractivity (Wildman–Crippen MR) is 91.8 cm³/mol. The summed E-state index contributed by atoms with van der Waals surface area (Å²) in [5, 5.41) is 3.84. The van der Waals surface area contributed by atoms with Crippen molar-refractivity contribution in [3.05, 3.63) is 0 Å². The van der Waals surface area contributed by atoms with Crippen LogP contribution in [0.3, 0.4) is 0 Å². The number of hydrogen-bond donors (Lipinski definition) is 1. The quantitative estimate of drug-likeness (QED) is 0.813. The second-order valence-electron chi connectivity index (χ2n) is 7.91. The average molecular weight is 296 g/mol. The summed E-state index contributed by atoms with van der Waals surface area (Å²) in [4.78, 5) is 5.43. The highest BCUT2D eigenvalue weighted by molar-refractivity contribution is 4.95. The third-order valence-corrected chi connectivity index (χ3v) is 5.43. The van der Waals surface area contributed by atoms with E-state index >= 15 is 0 Å². The summed E-state index contributed by atoms with van der Waals surface area (Å²) in [6.45, 7) is 17.0. The van der Waals surface area contributed by atoms with Crippen LogP contribution in [0.25, 0.3) is 0 Å². The zero-order chi connectivity index (χ0) is 15.3. The topological polar surface area (TPSA) is 18.5 Å². The van der Waals surface area contributed by atoms with E-state index in [1.807, 2.05) is 0 Å². The number of piperazine rings is 1. The van der Waals surface area contributed by atoms with Gasteiger partial charge < -0.3 is 10.2 Å². The van der Waals surface area contributed by atoms with Crippen LogP contribution in [0.15, 0.2) is 0 Å². The normalized spacial score (nSPS) is 31.4. The van der Waals surface area contributed by atoms with Gasteiger partial charge in [-0.2, -0.15) is 0 Å². The van der Waals surface area contributed by atoms with Gasteiger partial charge in [-0.25, -0.2) is 0 Å². The molecule has 1 saturated heterocycles. The maximum Gasteiger partial charge on any atom is 0.0255 e. The Kier molecular flexibility index (Phi) is 6.51. The van der Waals surface area contributed by atoms with E-state index in [-0.39, 0.29) is 0 Å². The summed E-state index contributed by atoms with van der Waals surface area (Å²) in [5.74, 6) is 0. The molecular formula is C18H37N3. The van der Waals surface area contributed by atoms with Crippen molar-refractivity contribution >= 4 is 0 Å². The lowest BCUT2D eigenvalue weighted by molar-refractivity contribution is 0.0290. The molecule has 2 rings (SSSR count). The van der Waals surface area contributed by atoms with Gasteiger partial charge in [0, 0.05) is 38.3 Å². The average Bonchev–Trinajstić information content (AvgIpc) is 2.46. The van der Waals surface area contributed by atoms with Gasteiger partial charge in [-0.1, -0.05) is 27.7 Å². The highest BCUT2D eigenvalue weighted by Crippen LogP contribution is 2.37. The van der Waals surface area contributed by atoms with E-state index in [1.165, 1.54) is 71.4 Å². The Morgan fingerprint density at radius 3 is 2.38 bits per heavy atom. The molecule has 124 valence electrons. The summed E-state index contributed by atoms with van der Waals surface area (Å²) in [6.07, 6.45) is 6.63. The molecule has 3 nitrogen and oxygen atoms in total. The van der Waals surface area contributed by atoms with Gasteiger partial charge in [-0.3, -0.25) is 4.90 Å². The van der Waals surface area contributed by atoms with E-state index in [0.717, 1.165) is 12.1 Å². The van der Waals surface area contributed by atoms with E-state index in [9.17, 15) is 0 Å². The van der Waals surface area contributed by atoms with Crippen molar-refractivity contribution in [3.63, 3.8) is 0 Å². The number of nitrogens with one attached hydrogen (secondary N) is 1. The lowest BCUT2D eigenvalue weighted by Gasteiger charge is -2.48. The van der Waals surface area contributed by atoms with Crippen LogP contribution in [0, 0.1) is 5.41 Å². The Balaban J connectivity index is 1.92. The molecule has 0 spiro atoms. The molecule has 2 aliphatic rings. The molecule has 0 aromatic carbocycles. The smallest absolute Gasteiger partial charge is 0.0255 e. The summed E-state index contributed by atoms with van der Waals surface area (Å²) >= 11 is 0. The minimum Gasteiger partial charge on any atom is -0.312 e. The van der Waals surface area contributed by atoms with Crippen LogP contribution < -0.4 is 5.32 Å². The third-order valence-electron chi connectivity index (χ3n) is 5.43. The second kappa shape index (κ2) is 7.94. The van der Waals surface area contributed by atoms with Crippen LogP contribution >= 0.6 is 0 Å². The zero-order valence-corrected chi connectivity index (χ0v) is 14.8. The Bertz CT molecular complexity index is 295. The van der Waals surface area contributed by atoms with Crippen LogP contribution in [-0.4, -0.2) is 61.2 Å². The van der Waals surface area contributed by atoms with Gasteiger partial charge in [0.1, 0.15) is 0 Å². The fourth-order valence-corrected chi connectivity index (χ4v) is 4.14. The molecular weight excluding hydrogens is 258 g/mol. The maximum absolute atomic E-state index is 3.84. The molecule has 3 heteroatoms. The van der Waals surface area contributed by atoms with Crippen LogP contribution in [0.2, 0.25) is 0 Å². The van der Waals surface area contributed by atoms with Crippen LogP contribution in [0.5, 0.6) is 0 Å². The lowest BCUT2D eigenvalue weighted by Crippen LogP contribution is -2.59. The molecule has 2 atom stereocenters. The predicted octanol–water partition coefficient (Wildman–Crippen LogP) is 2.96. The largest absolute Gasteiger partial charge is 0.312 e. The maximum atomic E-state index is 3.84. The molecule has 21 heavy (non-hydrogen) atoms. The van der Waals surface area contributed by atoms with Gasteiger partial charge >= 0.3 is 0 Å². The molecule has 1 aliphatic heterocycles. The van der Waals surface area contributed by atoms with Crippen molar-refractivity contribution in [3.8, 4) is 0 Å². The second-order valence-corrected chi connectivity index (χ2v) is 7.91. The molecule has 0 aromatic heterocycles. The number of nitrogens with zero attached hydrogens (tertiary/aromatic N) is 2. The Labute approximate surface area is 132 Å². The molecule has 0 aromatic rings. The van der Waals surface area contributed by atoms with Crippen LogP contribution in [-0.2, 0) is 0 Å². The monoisotopic (exact) mass is 295 g/mol. The minimum atomic E-state index is 0.523. The highest BCUT2D eigenvalue weighted by atomic mass is 15.3. The number of hydrogen-bond acceptors (Lipinski definition) is 3. The van der Waals surface area contributed by atoms with Gasteiger partial charge in [-0.05, 0) is 50.6 Å². The summed E-state index contributed by atoms with van der Waals surface area (Å²) < 4.78 is 0. The lowest BCUT2D eigenvalue weighted by atomic mass is 9.72. The van der Waals surface area contributed by atoms with Crippen molar-refractivity contribution in [2.75, 3.05) is 39.3 Å². The third kappa shape index (κ3) is 4.94. The summed E-state index contributed by atoms with van der Waals surface area (Å²) in [5.41, 5.74) is 0.523. The molecule has 0 amide bonds. The van der Waals surface area contributed by atoms with Gasteiger partial charge in [0.2, 0.25) is 0 Å². The molecule has 0 radical (unpaired) electrons. The van der Waals surface area contributed by atoms with Crippen LogP contribution in [0.1, 0.15) is 59.8 Å². The first-order chi connectivity index (χ1) is 10.1. The van der Waals surface area contributed by atoms with Crippen molar-refractivity contribution in [1.29, 1.82) is 0 Å². The fraction of sp³-hybridized carbons (Fsp3) is 1.00. The van der Waals surface area contributed by atoms with Gasteiger partial charge in [0.05, 0.1) is 0 Å². The van der Waals surface area contributed by atoms with Crippen molar-refractivity contribution in [2.45, 2.75) is 71.9 Å². The van der Waals surface area contributed by atoms with E-state index in [1.54, 1.807) is 0 Å². The van der Waals surface area contributed by atoms with Gasteiger partial charge in [0.25, 0.3) is 0 Å². The first-order valence-corrected chi connectivity index (χ1v) is 9.25. The van der Waals surface area contributed by atoms with Crippen molar-refractivity contribution < 1.29 is 0 Å². The molecule has 1 heterocycles. The fourth-order valence-electron chi connectivity index (χ4n) is 4.14. The highest BCUT2D eigenvalue weighted by Gasteiger charge is 2.38. The Morgan fingerprint density at radius 2 is 1.76 bits per heavy atom. The standard InChI is InChI=1S/C18H37N3/c1-5-9-19-16-7-8-18(3,4)15-17(16)21-13-11-20(10-6-2)12-14-21/h16-17,19H,5-15H2,1-4H3. The number of rotatable bonds is 6. The van der Waals surface area contributed by atoms with Gasteiger partial charge in [-0.15, -0.1) is 0 Å². The Hall–Kier alpha value is -0.120. The van der Waals surface area contributed by atoms with Crippen LogP contribution in [0.4, 0.5) is 0 Å². The summed E-state index contributed by atoms with van der Waals surface area (Å²) in [6, 6.07) is 1.47. The van der Waals surface area contributed by atoms with E-state index < -0.39 is 0 Å². The molecule has 2 fully saturated rings. The molecule has 1 N–H and O–H groups in total. The first-order valence-electron chi connectivity index (χ1n) is 9.25. The minimum absolute atomic E-state index is 0.523. The Morgan fingerprint density at radius 1 is 1.05 bits per heavy atom.